The van der Waals surface area contributed by atoms with Gasteiger partial charge in [-0.2, -0.15) is 9.61 Å². The van der Waals surface area contributed by atoms with E-state index in [1.165, 1.54) is 0 Å². The summed E-state index contributed by atoms with van der Waals surface area (Å²) in [5.74, 6) is 0.685. The number of halogens is 1. The fourth-order valence-corrected chi connectivity index (χ4v) is 6.19. The van der Waals surface area contributed by atoms with Crippen LogP contribution in [-0.2, 0) is 16.0 Å². The van der Waals surface area contributed by atoms with Crippen LogP contribution in [0.5, 0.6) is 5.75 Å². The second kappa shape index (κ2) is 11.6. The second-order valence-electron chi connectivity index (χ2n) is 11.7. The van der Waals surface area contributed by atoms with Gasteiger partial charge in [0.1, 0.15) is 11.6 Å². The molecule has 1 saturated heterocycles. The number of aryl methyl sites for hydroxylation is 2. The van der Waals surface area contributed by atoms with Crippen molar-refractivity contribution in [2.75, 3.05) is 31.2 Å². The maximum Gasteiger partial charge on any atom is 0.308 e. The van der Waals surface area contributed by atoms with Crippen LogP contribution in [0.3, 0.4) is 0 Å². The second-order valence-corrected chi connectivity index (χ2v) is 12.1. The number of hydrogen-bond acceptors (Lipinski definition) is 6. The number of ether oxygens (including phenoxy) is 2. The lowest BCUT2D eigenvalue weighted by Gasteiger charge is -2.41. The highest BCUT2D eigenvalue weighted by Gasteiger charge is 2.33. The maximum absolute atomic E-state index is 11.9. The Morgan fingerprint density at radius 1 is 1.05 bits per heavy atom. The third kappa shape index (κ3) is 5.70. The van der Waals surface area contributed by atoms with Crippen LogP contribution < -0.4 is 9.64 Å². The topological polar surface area (TPSA) is 89.2 Å². The molecular weight excluding hydrogens is 552 g/mol. The Morgan fingerprint density at radius 2 is 1.81 bits per heavy atom. The molecule has 3 aliphatic heterocycles. The van der Waals surface area contributed by atoms with Gasteiger partial charge in [0.15, 0.2) is 5.65 Å². The Balaban J connectivity index is 1.50. The van der Waals surface area contributed by atoms with Gasteiger partial charge in [-0.1, -0.05) is 29.8 Å². The fraction of sp³-hybridized carbons (Fsp3) is 0.424. The lowest BCUT2D eigenvalue weighted by Crippen LogP contribution is -2.45. The van der Waals surface area contributed by atoms with Gasteiger partial charge in [0, 0.05) is 53.2 Å². The molecule has 3 aliphatic rings. The highest BCUT2D eigenvalue weighted by Crippen LogP contribution is 2.38. The lowest BCUT2D eigenvalue weighted by molar-refractivity contribution is -0.136. The van der Waals surface area contributed by atoms with E-state index in [0.29, 0.717) is 35.1 Å². The summed E-state index contributed by atoms with van der Waals surface area (Å²) in [6, 6.07) is 14.2. The quantitative estimate of drug-likeness (QED) is 0.272. The van der Waals surface area contributed by atoms with Gasteiger partial charge < -0.3 is 19.5 Å². The average Bonchev–Trinajstić information content (AvgIpc) is 3.38. The number of aromatic nitrogens is 3. The smallest absolute Gasteiger partial charge is 0.308 e. The first-order chi connectivity index (χ1) is 20.2. The van der Waals surface area contributed by atoms with Gasteiger partial charge in [-0.05, 0) is 82.2 Å². The van der Waals surface area contributed by atoms with Crippen LogP contribution in [0.25, 0.3) is 28.0 Å². The van der Waals surface area contributed by atoms with Crippen molar-refractivity contribution in [3.8, 4) is 28.1 Å². The number of rotatable bonds is 2. The van der Waals surface area contributed by atoms with Crippen molar-refractivity contribution < 1.29 is 19.4 Å². The number of fused-ring (bicyclic) bond motifs is 8. The molecule has 6 bridgehead atoms. The Hall–Kier alpha value is -3.62. The van der Waals surface area contributed by atoms with Crippen LogP contribution in [0.2, 0.25) is 5.02 Å². The number of anilines is 1. The zero-order valence-electron chi connectivity index (χ0n) is 24.5. The molecule has 9 heteroatoms. The average molecular weight is 589 g/mol. The van der Waals surface area contributed by atoms with E-state index in [1.54, 1.807) is 0 Å². The largest absolute Gasteiger partial charge is 0.493 e. The third-order valence-corrected chi connectivity index (χ3v) is 8.96. The first-order valence-corrected chi connectivity index (χ1v) is 15.1. The number of carboxylic acid groups (broad SMARTS) is 1. The van der Waals surface area contributed by atoms with E-state index in [2.05, 4.69) is 30.0 Å². The zero-order valence-corrected chi connectivity index (χ0v) is 25.2. The molecule has 0 unspecified atom stereocenters. The van der Waals surface area contributed by atoms with Crippen molar-refractivity contribution in [3.05, 3.63) is 64.3 Å². The van der Waals surface area contributed by atoms with E-state index in [4.69, 9.17) is 31.2 Å². The summed E-state index contributed by atoms with van der Waals surface area (Å²) in [7, 11) is 0. The van der Waals surface area contributed by atoms with Crippen LogP contribution in [0, 0.1) is 13.8 Å². The summed E-state index contributed by atoms with van der Waals surface area (Å²) in [6.07, 6.45) is 4.49. The summed E-state index contributed by atoms with van der Waals surface area (Å²) in [5, 5.41) is 15.5. The number of benzene rings is 2. The van der Waals surface area contributed by atoms with E-state index in [1.807, 2.05) is 42.6 Å². The van der Waals surface area contributed by atoms with Crippen molar-refractivity contribution in [1.29, 1.82) is 0 Å². The minimum atomic E-state index is -0.886. The molecule has 7 rings (SSSR count). The SMILES string of the molecule is Cc1cc2c(cc1Cl)OCCCCCOC1(C)CCN(CC1)c1c(CC(=O)O)c(C)nc3cc(nn13)-c1cccc-2c1. The number of nitrogens with zero attached hydrogens (tertiary/aromatic N) is 4. The van der Waals surface area contributed by atoms with Gasteiger partial charge in [-0.3, -0.25) is 4.79 Å². The number of hydrogen-bond donors (Lipinski definition) is 1. The molecule has 0 aliphatic carbocycles. The normalized spacial score (nSPS) is 17.2. The molecule has 42 heavy (non-hydrogen) atoms. The van der Waals surface area contributed by atoms with Gasteiger partial charge in [0.25, 0.3) is 0 Å². The Morgan fingerprint density at radius 3 is 2.60 bits per heavy atom. The molecule has 8 nitrogen and oxygen atoms in total. The van der Waals surface area contributed by atoms with Crippen molar-refractivity contribution in [2.24, 2.45) is 0 Å². The number of piperidine rings is 1. The van der Waals surface area contributed by atoms with Crippen LogP contribution in [0.1, 0.15) is 55.8 Å². The Labute approximate surface area is 251 Å². The van der Waals surface area contributed by atoms with E-state index >= 15 is 0 Å². The molecule has 1 N–H and O–H groups in total. The summed E-state index contributed by atoms with van der Waals surface area (Å²) < 4.78 is 14.5. The molecule has 0 spiro atoms. The van der Waals surface area contributed by atoms with Gasteiger partial charge >= 0.3 is 5.97 Å². The van der Waals surface area contributed by atoms with Crippen LogP contribution >= 0.6 is 11.6 Å². The summed E-state index contributed by atoms with van der Waals surface area (Å²) in [6.45, 7) is 8.88. The molecule has 4 aromatic rings. The van der Waals surface area contributed by atoms with Crippen molar-refractivity contribution >= 4 is 29.0 Å². The van der Waals surface area contributed by atoms with Gasteiger partial charge in [-0.25, -0.2) is 4.98 Å². The molecule has 1 fully saturated rings. The molecule has 0 amide bonds. The zero-order chi connectivity index (χ0) is 29.4. The molecule has 0 saturated carbocycles. The number of carboxylic acids is 1. The Kier molecular flexibility index (Phi) is 7.85. The minimum Gasteiger partial charge on any atom is -0.493 e. The molecular formula is C33H37ClN4O4. The minimum absolute atomic E-state index is 0.113. The summed E-state index contributed by atoms with van der Waals surface area (Å²) >= 11 is 6.52. The Bertz CT molecular complexity index is 1640. The predicted molar refractivity (Wildman–Crippen MR) is 165 cm³/mol. The first kappa shape index (κ1) is 28.5. The number of carbonyl (C=O) groups is 1. The number of aliphatic carboxylic acids is 1. The highest BCUT2D eigenvalue weighted by molar-refractivity contribution is 6.31. The first-order valence-electron chi connectivity index (χ1n) is 14.7. The standard InChI is InChI=1S/C33H37ClN4O4/c1-21-16-26-23-8-7-9-24(17-23)28-20-30-35-22(2)25(18-31(39)40)32(38(30)36-28)37-12-10-33(3,11-13-37)42-15-6-4-5-14-41-29(26)19-27(21)34/h7-9,16-17,19-20H,4-6,10-15,18H2,1-3H3,(H,39,40). The molecule has 0 radical (unpaired) electrons. The highest BCUT2D eigenvalue weighted by atomic mass is 35.5. The van der Waals surface area contributed by atoms with Crippen molar-refractivity contribution in [3.63, 3.8) is 0 Å². The fourth-order valence-electron chi connectivity index (χ4n) is 6.03. The van der Waals surface area contributed by atoms with Crippen LogP contribution in [-0.4, -0.2) is 57.6 Å². The molecule has 2 aromatic heterocycles. The summed E-state index contributed by atoms with van der Waals surface area (Å²) in [5.41, 5.74) is 6.56. The monoisotopic (exact) mass is 588 g/mol. The van der Waals surface area contributed by atoms with Gasteiger partial charge in [0.2, 0.25) is 0 Å². The molecule has 0 atom stereocenters. The van der Waals surface area contributed by atoms with Gasteiger partial charge in [0.05, 0.1) is 24.3 Å². The van der Waals surface area contributed by atoms with Crippen molar-refractivity contribution in [2.45, 2.75) is 64.9 Å². The third-order valence-electron chi connectivity index (χ3n) is 8.56. The van der Waals surface area contributed by atoms with Crippen LogP contribution in [0.15, 0.2) is 42.5 Å². The molecule has 220 valence electrons. The molecule has 5 heterocycles. The van der Waals surface area contributed by atoms with E-state index in [-0.39, 0.29) is 12.0 Å². The van der Waals surface area contributed by atoms with E-state index in [0.717, 1.165) is 84.7 Å². The van der Waals surface area contributed by atoms with Crippen LogP contribution in [0.4, 0.5) is 5.82 Å². The predicted octanol–water partition coefficient (Wildman–Crippen LogP) is 6.90. The molecule has 2 aromatic carbocycles. The van der Waals surface area contributed by atoms with Gasteiger partial charge in [-0.15, -0.1) is 0 Å². The maximum atomic E-state index is 11.9. The van der Waals surface area contributed by atoms with E-state index < -0.39 is 5.97 Å². The van der Waals surface area contributed by atoms with Crippen molar-refractivity contribution in [1.82, 2.24) is 14.6 Å². The summed E-state index contributed by atoms with van der Waals surface area (Å²) in [4.78, 5) is 19.0. The van der Waals surface area contributed by atoms with E-state index in [9.17, 15) is 9.90 Å². The lowest BCUT2D eigenvalue weighted by atomic mass is 9.92.